The quantitative estimate of drug-likeness (QED) is 0.912. The van der Waals surface area contributed by atoms with E-state index in [1.165, 1.54) is 4.31 Å². The maximum absolute atomic E-state index is 13.2. The number of nitrogens with one attached hydrogen (secondary N) is 1. The molecular weight excluding hydrogens is 322 g/mol. The molecule has 2 rings (SSSR count). The Labute approximate surface area is 130 Å². The number of sulfonamides is 1. The predicted molar refractivity (Wildman–Crippen MR) is 79.0 cm³/mol. The highest BCUT2D eigenvalue weighted by molar-refractivity contribution is 7.89. The molecule has 1 aromatic carbocycles. The van der Waals surface area contributed by atoms with Crippen molar-refractivity contribution in [1.29, 1.82) is 0 Å². The number of benzene rings is 1. The first-order valence-corrected chi connectivity index (χ1v) is 7.99. The van der Waals surface area contributed by atoms with Crippen LogP contribution in [0, 0.1) is 17.6 Å². The molecule has 21 heavy (non-hydrogen) atoms. The first kappa shape index (κ1) is 18.3. The smallest absolute Gasteiger partial charge is 0.243 e. The van der Waals surface area contributed by atoms with E-state index in [4.69, 9.17) is 0 Å². The molecule has 0 spiro atoms. The van der Waals surface area contributed by atoms with Gasteiger partial charge in [-0.05, 0) is 50.6 Å². The monoisotopic (exact) mass is 340 g/mol. The number of hydrogen-bond acceptors (Lipinski definition) is 3. The van der Waals surface area contributed by atoms with Gasteiger partial charge in [0, 0.05) is 13.1 Å². The minimum atomic E-state index is -3.73. The summed E-state index contributed by atoms with van der Waals surface area (Å²) < 4.78 is 52.1. The van der Waals surface area contributed by atoms with Gasteiger partial charge in [0.05, 0.1) is 4.90 Å². The van der Waals surface area contributed by atoms with Crippen LogP contribution in [0.15, 0.2) is 23.1 Å². The first-order valence-electron chi connectivity index (χ1n) is 6.55. The second-order valence-corrected chi connectivity index (χ2v) is 6.92. The topological polar surface area (TPSA) is 49.4 Å². The van der Waals surface area contributed by atoms with Crippen LogP contribution in [0.1, 0.15) is 12.8 Å². The maximum Gasteiger partial charge on any atom is 0.243 e. The van der Waals surface area contributed by atoms with Crippen LogP contribution >= 0.6 is 12.4 Å². The minimum Gasteiger partial charge on any atom is -0.319 e. The lowest BCUT2D eigenvalue weighted by Gasteiger charge is -2.31. The molecule has 0 radical (unpaired) electrons. The summed E-state index contributed by atoms with van der Waals surface area (Å²) in [5, 5.41) is 3.08. The molecule has 0 amide bonds. The maximum atomic E-state index is 13.2. The normalized spacial score (nSPS) is 17.5. The lowest BCUT2D eigenvalue weighted by molar-refractivity contribution is 0.270. The van der Waals surface area contributed by atoms with Crippen molar-refractivity contribution < 1.29 is 17.2 Å². The van der Waals surface area contributed by atoms with E-state index in [-0.39, 0.29) is 17.3 Å². The van der Waals surface area contributed by atoms with Crippen molar-refractivity contribution in [3.05, 3.63) is 29.8 Å². The highest BCUT2D eigenvalue weighted by atomic mass is 35.5. The Bertz CT molecular complexity index is 576. The summed E-state index contributed by atoms with van der Waals surface area (Å²) in [6.45, 7) is 1.68. The summed E-state index contributed by atoms with van der Waals surface area (Å²) >= 11 is 0. The van der Waals surface area contributed by atoms with Crippen LogP contribution in [0.4, 0.5) is 8.78 Å². The Hall–Kier alpha value is -0.760. The van der Waals surface area contributed by atoms with E-state index in [1.54, 1.807) is 0 Å². The van der Waals surface area contributed by atoms with Crippen LogP contribution in [0.3, 0.4) is 0 Å². The number of halogens is 3. The molecule has 0 bridgehead atoms. The Morgan fingerprint density at radius 1 is 1.24 bits per heavy atom. The van der Waals surface area contributed by atoms with Gasteiger partial charge in [-0.3, -0.25) is 0 Å². The number of hydrogen-bond donors (Lipinski definition) is 1. The van der Waals surface area contributed by atoms with E-state index in [0.29, 0.717) is 19.0 Å². The average Bonchev–Trinajstić information content (AvgIpc) is 2.43. The van der Waals surface area contributed by atoms with Crippen LogP contribution in [-0.2, 0) is 10.0 Å². The molecule has 1 N–H and O–H groups in total. The zero-order valence-electron chi connectivity index (χ0n) is 11.7. The predicted octanol–water partition coefficient (Wildman–Crippen LogP) is 2.01. The van der Waals surface area contributed by atoms with Crippen molar-refractivity contribution in [2.45, 2.75) is 17.7 Å². The van der Waals surface area contributed by atoms with Gasteiger partial charge in [-0.25, -0.2) is 17.2 Å². The summed E-state index contributed by atoms with van der Waals surface area (Å²) in [6, 6.07) is 2.69. The van der Waals surface area contributed by atoms with Gasteiger partial charge in [0.15, 0.2) is 11.6 Å². The summed E-state index contributed by atoms with van der Waals surface area (Å²) in [5.74, 6) is -1.73. The molecular formula is C13H19ClF2N2O2S. The zero-order valence-corrected chi connectivity index (χ0v) is 13.3. The van der Waals surface area contributed by atoms with E-state index in [0.717, 1.165) is 37.6 Å². The standard InChI is InChI=1S/C13H18F2N2O2S.ClH/c1-16-9-10-4-6-17(7-5-10)20(18,19)11-2-3-12(14)13(15)8-11;/h2-3,8,10,16H,4-7,9H2,1H3;1H. The van der Waals surface area contributed by atoms with E-state index < -0.39 is 21.7 Å². The van der Waals surface area contributed by atoms with Crippen LogP contribution in [0.25, 0.3) is 0 Å². The van der Waals surface area contributed by atoms with Crippen molar-refractivity contribution in [3.63, 3.8) is 0 Å². The lowest BCUT2D eigenvalue weighted by atomic mass is 9.98. The second kappa shape index (κ2) is 7.49. The van der Waals surface area contributed by atoms with Crippen LogP contribution < -0.4 is 5.32 Å². The Morgan fingerprint density at radius 3 is 2.38 bits per heavy atom. The Balaban J connectivity index is 0.00000220. The van der Waals surface area contributed by atoms with Gasteiger partial charge in [-0.1, -0.05) is 0 Å². The molecule has 0 aliphatic carbocycles. The number of piperidine rings is 1. The highest BCUT2D eigenvalue weighted by Crippen LogP contribution is 2.24. The van der Waals surface area contributed by atoms with Gasteiger partial charge < -0.3 is 5.32 Å². The summed E-state index contributed by atoms with van der Waals surface area (Å²) in [4.78, 5) is -0.191. The number of rotatable bonds is 4. The van der Waals surface area contributed by atoms with Gasteiger partial charge >= 0.3 is 0 Å². The van der Waals surface area contributed by atoms with Gasteiger partial charge in [-0.15, -0.1) is 12.4 Å². The van der Waals surface area contributed by atoms with Crippen LogP contribution in [0.5, 0.6) is 0 Å². The molecule has 1 saturated heterocycles. The van der Waals surface area contributed by atoms with Crippen molar-refractivity contribution >= 4 is 22.4 Å². The lowest BCUT2D eigenvalue weighted by Crippen LogP contribution is -2.40. The molecule has 1 heterocycles. The third-order valence-electron chi connectivity index (χ3n) is 3.60. The molecule has 1 aliphatic rings. The second-order valence-electron chi connectivity index (χ2n) is 4.98. The van der Waals surface area contributed by atoms with Crippen molar-refractivity contribution in [2.24, 2.45) is 5.92 Å². The molecule has 0 unspecified atom stereocenters. The average molecular weight is 341 g/mol. The van der Waals surface area contributed by atoms with Crippen molar-refractivity contribution in [1.82, 2.24) is 9.62 Å². The fraction of sp³-hybridized carbons (Fsp3) is 0.538. The Morgan fingerprint density at radius 2 is 1.86 bits per heavy atom. The minimum absolute atomic E-state index is 0. The molecule has 8 heteroatoms. The first-order chi connectivity index (χ1) is 9.45. The molecule has 1 fully saturated rings. The highest BCUT2D eigenvalue weighted by Gasteiger charge is 2.29. The van der Waals surface area contributed by atoms with Crippen LogP contribution in [0.2, 0.25) is 0 Å². The summed E-state index contributed by atoms with van der Waals surface area (Å²) in [6.07, 6.45) is 1.54. The van der Waals surface area contributed by atoms with Crippen LogP contribution in [-0.4, -0.2) is 39.4 Å². The van der Waals surface area contributed by atoms with Crippen molar-refractivity contribution in [3.8, 4) is 0 Å². The van der Waals surface area contributed by atoms with E-state index in [2.05, 4.69) is 5.32 Å². The fourth-order valence-electron chi connectivity index (χ4n) is 2.43. The molecule has 120 valence electrons. The molecule has 1 aliphatic heterocycles. The fourth-order valence-corrected chi connectivity index (χ4v) is 3.91. The molecule has 0 aromatic heterocycles. The number of nitrogens with zero attached hydrogens (tertiary/aromatic N) is 1. The van der Waals surface area contributed by atoms with Gasteiger partial charge in [-0.2, -0.15) is 4.31 Å². The van der Waals surface area contributed by atoms with Gasteiger partial charge in [0.1, 0.15) is 0 Å². The van der Waals surface area contributed by atoms with E-state index in [9.17, 15) is 17.2 Å². The summed E-state index contributed by atoms with van der Waals surface area (Å²) in [5.41, 5.74) is 0. The largest absolute Gasteiger partial charge is 0.319 e. The van der Waals surface area contributed by atoms with Crippen molar-refractivity contribution in [2.75, 3.05) is 26.7 Å². The SMILES string of the molecule is CNCC1CCN(S(=O)(=O)c2ccc(F)c(F)c2)CC1.Cl. The summed E-state index contributed by atoms with van der Waals surface area (Å²) in [7, 11) is -1.87. The van der Waals surface area contributed by atoms with Gasteiger partial charge in [0.2, 0.25) is 10.0 Å². The molecule has 4 nitrogen and oxygen atoms in total. The Kier molecular flexibility index (Phi) is 6.52. The van der Waals surface area contributed by atoms with Gasteiger partial charge in [0.25, 0.3) is 0 Å². The zero-order chi connectivity index (χ0) is 14.8. The molecule has 1 aromatic rings. The van der Waals surface area contributed by atoms with E-state index in [1.807, 2.05) is 7.05 Å². The molecule has 0 atom stereocenters. The third kappa shape index (κ3) is 4.12. The molecule has 0 saturated carbocycles. The van der Waals surface area contributed by atoms with E-state index >= 15 is 0 Å². The third-order valence-corrected chi connectivity index (χ3v) is 5.49.